The lowest BCUT2D eigenvalue weighted by Crippen LogP contribution is -2.38. The number of aromatic amines is 1. The molecule has 0 radical (unpaired) electrons. The predicted molar refractivity (Wildman–Crippen MR) is 132 cm³/mol. The number of rotatable bonds is 11. The number of esters is 1. The average molecular weight is 538 g/mol. The molecule has 3 N–H and O–H groups in total. The Kier molecular flexibility index (Phi) is 8.05. The molecule has 1 aliphatic heterocycles. The van der Waals surface area contributed by atoms with Crippen LogP contribution in [0.3, 0.4) is 0 Å². The number of H-pyrrole nitrogens is 1. The first kappa shape index (κ1) is 27.3. The largest absolute Gasteiger partial charge is 0.462 e. The molecular weight excluding hydrogens is 505 g/mol. The Hall–Kier alpha value is -2.76. The highest BCUT2D eigenvalue weighted by Crippen LogP contribution is 2.62. The van der Waals surface area contributed by atoms with Crippen LogP contribution in [0.1, 0.15) is 46.3 Å². The van der Waals surface area contributed by atoms with Crippen LogP contribution in [0.2, 0.25) is 0 Å². The minimum atomic E-state index is -4.17. The molecule has 2 heterocycles. The van der Waals surface area contributed by atoms with Gasteiger partial charge in [0, 0.05) is 17.7 Å². The van der Waals surface area contributed by atoms with E-state index >= 15 is 0 Å². The van der Waals surface area contributed by atoms with Crippen LogP contribution in [0.5, 0.6) is 5.75 Å². The van der Waals surface area contributed by atoms with Gasteiger partial charge in [-0.05, 0) is 45.2 Å². The van der Waals surface area contributed by atoms with Crippen LogP contribution >= 0.6 is 7.75 Å². The molecule has 1 saturated heterocycles. The van der Waals surface area contributed by atoms with Gasteiger partial charge in [0.15, 0.2) is 0 Å². The summed E-state index contributed by atoms with van der Waals surface area (Å²) < 4.78 is 37.6. The molecule has 2 aliphatic rings. The van der Waals surface area contributed by atoms with E-state index in [0.717, 1.165) is 0 Å². The van der Waals surface area contributed by atoms with E-state index < -0.39 is 54.9 Å². The highest BCUT2D eigenvalue weighted by atomic mass is 31.2. The van der Waals surface area contributed by atoms with Crippen LogP contribution in [0.15, 0.2) is 52.2 Å². The number of benzene rings is 1. The summed E-state index contributed by atoms with van der Waals surface area (Å²) in [7, 11) is -4.17. The van der Waals surface area contributed by atoms with Crippen molar-refractivity contribution in [3.05, 3.63) is 63.4 Å². The SMILES string of the molecule is CCC(C)OC(=O)[C@@H](C)NP(=O)(OC[C@H]1O[C@@H](n2ccc(=O)[nH]c2=O)C2(CC2)[C@@H]1O)Oc1ccccc1. The quantitative estimate of drug-likeness (QED) is 0.286. The van der Waals surface area contributed by atoms with E-state index in [2.05, 4.69) is 10.1 Å². The van der Waals surface area contributed by atoms with E-state index in [1.165, 1.54) is 23.8 Å². The van der Waals surface area contributed by atoms with Crippen LogP contribution in [0.4, 0.5) is 0 Å². The summed E-state index contributed by atoms with van der Waals surface area (Å²) in [4.78, 5) is 38.5. The topological polar surface area (TPSA) is 158 Å². The number of para-hydroxylation sites is 1. The minimum absolute atomic E-state index is 0.241. The van der Waals surface area contributed by atoms with Crippen molar-refractivity contribution >= 4 is 13.7 Å². The molecule has 2 unspecified atom stereocenters. The van der Waals surface area contributed by atoms with Crippen molar-refractivity contribution in [3.8, 4) is 5.75 Å². The van der Waals surface area contributed by atoms with Gasteiger partial charge < -0.3 is 19.1 Å². The molecular formula is C24H32N3O9P. The number of ether oxygens (including phenoxy) is 2. The lowest BCUT2D eigenvalue weighted by Gasteiger charge is -2.25. The van der Waals surface area contributed by atoms with E-state index in [-0.39, 0.29) is 18.5 Å². The van der Waals surface area contributed by atoms with Crippen molar-refractivity contribution in [2.75, 3.05) is 6.61 Å². The molecule has 202 valence electrons. The zero-order valence-corrected chi connectivity index (χ0v) is 21.8. The molecule has 1 saturated carbocycles. The molecule has 1 aromatic heterocycles. The zero-order valence-electron chi connectivity index (χ0n) is 20.9. The molecule has 6 atom stereocenters. The Balaban J connectivity index is 1.50. The lowest BCUT2D eigenvalue weighted by molar-refractivity contribution is -0.150. The van der Waals surface area contributed by atoms with Gasteiger partial charge in [-0.1, -0.05) is 25.1 Å². The van der Waals surface area contributed by atoms with Gasteiger partial charge in [-0.15, -0.1) is 0 Å². The lowest BCUT2D eigenvalue weighted by atomic mass is 9.96. The fourth-order valence-corrected chi connectivity index (χ4v) is 5.72. The average Bonchev–Trinajstić information content (AvgIpc) is 3.61. The number of carbonyl (C=O) groups excluding carboxylic acids is 1. The van der Waals surface area contributed by atoms with E-state index in [0.29, 0.717) is 19.3 Å². The number of aliphatic hydroxyl groups is 1. The second-order valence-corrected chi connectivity index (χ2v) is 11.1. The molecule has 13 heteroatoms. The third-order valence-corrected chi connectivity index (χ3v) is 8.29. The van der Waals surface area contributed by atoms with Gasteiger partial charge in [0.2, 0.25) is 0 Å². The van der Waals surface area contributed by atoms with Crippen LogP contribution in [0.25, 0.3) is 0 Å². The van der Waals surface area contributed by atoms with Crippen molar-refractivity contribution in [2.45, 2.75) is 70.6 Å². The van der Waals surface area contributed by atoms with Gasteiger partial charge in [-0.25, -0.2) is 9.36 Å². The summed E-state index contributed by atoms with van der Waals surface area (Å²) in [5, 5.41) is 13.6. The summed E-state index contributed by atoms with van der Waals surface area (Å²) in [5.74, 6) is -0.383. The Bertz CT molecular complexity index is 1260. The van der Waals surface area contributed by atoms with Crippen molar-refractivity contribution in [1.29, 1.82) is 0 Å². The van der Waals surface area contributed by atoms with Crippen molar-refractivity contribution < 1.29 is 33.0 Å². The highest BCUT2D eigenvalue weighted by molar-refractivity contribution is 7.52. The molecule has 2 aromatic rings. The van der Waals surface area contributed by atoms with E-state index in [9.17, 15) is 24.1 Å². The number of aliphatic hydroxyl groups excluding tert-OH is 1. The highest BCUT2D eigenvalue weighted by Gasteiger charge is 2.64. The maximum absolute atomic E-state index is 13.7. The van der Waals surface area contributed by atoms with Crippen LogP contribution in [0, 0.1) is 5.41 Å². The predicted octanol–water partition coefficient (Wildman–Crippen LogP) is 2.10. The number of nitrogens with one attached hydrogen (secondary N) is 2. The van der Waals surface area contributed by atoms with Crippen molar-refractivity contribution in [1.82, 2.24) is 14.6 Å². The van der Waals surface area contributed by atoms with Crippen LogP contribution < -0.4 is 20.9 Å². The molecule has 37 heavy (non-hydrogen) atoms. The maximum Gasteiger partial charge on any atom is 0.459 e. The summed E-state index contributed by atoms with van der Waals surface area (Å²) in [5.41, 5.74) is -1.94. The summed E-state index contributed by atoms with van der Waals surface area (Å²) in [6.45, 7) is 4.74. The summed E-state index contributed by atoms with van der Waals surface area (Å²) in [6.07, 6.45) is -0.0316. The number of hydrogen-bond acceptors (Lipinski definition) is 9. The van der Waals surface area contributed by atoms with Gasteiger partial charge >= 0.3 is 19.4 Å². The molecule has 2 fully saturated rings. The zero-order chi connectivity index (χ0) is 26.8. The summed E-state index contributed by atoms with van der Waals surface area (Å²) >= 11 is 0. The maximum atomic E-state index is 13.7. The smallest absolute Gasteiger partial charge is 0.459 e. The monoisotopic (exact) mass is 537 g/mol. The van der Waals surface area contributed by atoms with Crippen LogP contribution in [-0.4, -0.2) is 51.6 Å². The van der Waals surface area contributed by atoms with Gasteiger partial charge in [0.05, 0.1) is 18.8 Å². The van der Waals surface area contributed by atoms with E-state index in [1.54, 1.807) is 37.3 Å². The fraction of sp³-hybridized carbons (Fsp3) is 0.542. The number of hydrogen-bond donors (Lipinski definition) is 3. The Morgan fingerprint density at radius 1 is 1.27 bits per heavy atom. The molecule has 1 aromatic carbocycles. The number of carbonyl (C=O) groups is 1. The Labute approximate surface area is 213 Å². The van der Waals surface area contributed by atoms with Gasteiger partial charge in [-0.3, -0.25) is 23.7 Å². The fourth-order valence-electron chi connectivity index (χ4n) is 4.22. The minimum Gasteiger partial charge on any atom is -0.462 e. The van der Waals surface area contributed by atoms with Crippen LogP contribution in [-0.2, 0) is 23.4 Å². The summed E-state index contributed by atoms with van der Waals surface area (Å²) in [6, 6.07) is 8.47. The first-order chi connectivity index (χ1) is 17.6. The second kappa shape index (κ2) is 10.9. The molecule has 4 rings (SSSR count). The first-order valence-corrected chi connectivity index (χ1v) is 13.7. The number of nitrogens with zero attached hydrogens (tertiary/aromatic N) is 1. The van der Waals surface area contributed by atoms with Gasteiger partial charge in [0.25, 0.3) is 5.56 Å². The normalized spacial score (nSPS) is 25.2. The Morgan fingerprint density at radius 3 is 2.59 bits per heavy atom. The van der Waals surface area contributed by atoms with E-state index in [1.807, 2.05) is 6.92 Å². The standard InChI is InChI=1S/C24H32N3O9P/c1-4-15(2)34-21(30)16(3)26-37(32,36-17-8-6-5-7-9-17)33-14-18-20(29)24(11-12-24)22(35-18)27-13-10-19(28)25-23(27)31/h5-10,13,15-16,18,20,22,29H,4,11-12,14H2,1-3H3,(H,26,32)(H,25,28,31)/t15?,16-,18-,20-,22-,37?/m1/s1. The van der Waals surface area contributed by atoms with Gasteiger partial charge in [0.1, 0.15) is 24.1 Å². The molecule has 1 spiro atoms. The van der Waals surface area contributed by atoms with E-state index in [4.69, 9.17) is 18.5 Å². The number of aromatic nitrogens is 2. The van der Waals surface area contributed by atoms with Crippen molar-refractivity contribution in [3.63, 3.8) is 0 Å². The van der Waals surface area contributed by atoms with Crippen molar-refractivity contribution in [2.24, 2.45) is 5.41 Å². The molecule has 0 bridgehead atoms. The molecule has 12 nitrogen and oxygen atoms in total. The molecule has 1 aliphatic carbocycles. The first-order valence-electron chi connectivity index (χ1n) is 12.2. The second-order valence-electron chi connectivity index (χ2n) is 9.43. The Morgan fingerprint density at radius 2 is 1.97 bits per heavy atom. The van der Waals surface area contributed by atoms with Gasteiger partial charge in [-0.2, -0.15) is 5.09 Å². The molecule has 0 amide bonds. The third-order valence-electron chi connectivity index (χ3n) is 6.64. The third kappa shape index (κ3) is 6.05.